The van der Waals surface area contributed by atoms with Crippen molar-refractivity contribution in [3.8, 4) is 0 Å². The second-order valence-corrected chi connectivity index (χ2v) is 8.86. The van der Waals surface area contributed by atoms with E-state index in [1.807, 2.05) is 0 Å². The summed E-state index contributed by atoms with van der Waals surface area (Å²) in [6, 6.07) is 6.83. The summed E-state index contributed by atoms with van der Waals surface area (Å²) in [7, 11) is -3.37. The van der Waals surface area contributed by atoms with E-state index in [4.69, 9.17) is 0 Å². The van der Waals surface area contributed by atoms with Crippen molar-refractivity contribution in [2.45, 2.75) is 39.1 Å². The van der Waals surface area contributed by atoms with Gasteiger partial charge in [-0.2, -0.15) is 0 Å². The molecule has 8 nitrogen and oxygen atoms in total. The second-order valence-electron chi connectivity index (χ2n) is 6.25. The molecule has 2 amide bonds. The lowest BCUT2D eigenvalue weighted by molar-refractivity contribution is -0.114. The predicted octanol–water partition coefficient (Wildman–Crippen LogP) is 1.86. The van der Waals surface area contributed by atoms with Gasteiger partial charge in [-0.05, 0) is 25.0 Å². The molecule has 0 radical (unpaired) electrons. The topological polar surface area (TPSA) is 117 Å². The van der Waals surface area contributed by atoms with E-state index in [0.29, 0.717) is 10.7 Å². The standard InChI is InChI=1S/C17H22N4O4S2/c1-11(2)21-27(24,25)10-14-6-4-13(5-7-14)8-18-16(23)15-9-26-17(20-15)19-12(3)22/h4-7,9,11,21H,8,10H2,1-3H3,(H,18,23)(H,19,20,22). The van der Waals surface area contributed by atoms with Gasteiger partial charge in [0, 0.05) is 24.9 Å². The van der Waals surface area contributed by atoms with Gasteiger partial charge in [0.2, 0.25) is 15.9 Å². The first-order valence-corrected chi connectivity index (χ1v) is 10.8. The van der Waals surface area contributed by atoms with Gasteiger partial charge in [-0.3, -0.25) is 9.59 Å². The number of sulfonamides is 1. The molecule has 0 saturated heterocycles. The summed E-state index contributed by atoms with van der Waals surface area (Å²) in [5, 5.41) is 7.20. The van der Waals surface area contributed by atoms with Crippen LogP contribution in [0.5, 0.6) is 0 Å². The summed E-state index contributed by atoms with van der Waals surface area (Å²) >= 11 is 1.17. The molecule has 0 unspecified atom stereocenters. The van der Waals surface area contributed by atoms with E-state index in [0.717, 1.165) is 5.56 Å². The monoisotopic (exact) mass is 410 g/mol. The normalized spacial score (nSPS) is 11.4. The van der Waals surface area contributed by atoms with Crippen molar-refractivity contribution in [2.24, 2.45) is 0 Å². The van der Waals surface area contributed by atoms with Crippen molar-refractivity contribution < 1.29 is 18.0 Å². The SMILES string of the molecule is CC(=O)Nc1nc(C(=O)NCc2ccc(CS(=O)(=O)NC(C)C)cc2)cs1. The highest BCUT2D eigenvalue weighted by molar-refractivity contribution is 7.88. The molecular formula is C17H22N4O4S2. The number of carbonyl (C=O) groups is 2. The Morgan fingerprint density at radius 1 is 1.15 bits per heavy atom. The zero-order valence-electron chi connectivity index (χ0n) is 15.3. The van der Waals surface area contributed by atoms with Crippen LogP contribution in [0.3, 0.4) is 0 Å². The van der Waals surface area contributed by atoms with E-state index in [9.17, 15) is 18.0 Å². The van der Waals surface area contributed by atoms with Crippen LogP contribution in [0.15, 0.2) is 29.6 Å². The minimum atomic E-state index is -3.37. The lowest BCUT2D eigenvalue weighted by Gasteiger charge is -2.10. The van der Waals surface area contributed by atoms with Crippen LogP contribution in [0.4, 0.5) is 5.13 Å². The minimum absolute atomic E-state index is 0.0947. The Bertz CT molecular complexity index is 905. The van der Waals surface area contributed by atoms with Crippen LogP contribution in [0, 0.1) is 0 Å². The number of nitrogens with one attached hydrogen (secondary N) is 3. The molecule has 1 heterocycles. The van der Waals surface area contributed by atoms with Gasteiger partial charge in [0.05, 0.1) is 5.75 Å². The number of hydrogen-bond acceptors (Lipinski definition) is 6. The van der Waals surface area contributed by atoms with Crippen LogP contribution in [0.1, 0.15) is 42.4 Å². The summed E-state index contributed by atoms with van der Waals surface area (Å²) in [4.78, 5) is 27.1. The van der Waals surface area contributed by atoms with Gasteiger partial charge in [-0.25, -0.2) is 18.1 Å². The Hall–Kier alpha value is -2.30. The van der Waals surface area contributed by atoms with Crippen LogP contribution >= 0.6 is 11.3 Å². The van der Waals surface area contributed by atoms with Gasteiger partial charge in [0.15, 0.2) is 5.13 Å². The maximum Gasteiger partial charge on any atom is 0.271 e. The molecule has 3 N–H and O–H groups in total. The first kappa shape index (κ1) is 21.0. The number of amides is 2. The van der Waals surface area contributed by atoms with Gasteiger partial charge >= 0.3 is 0 Å². The average molecular weight is 411 g/mol. The molecule has 2 aromatic rings. The molecule has 2 rings (SSSR count). The summed E-state index contributed by atoms with van der Waals surface area (Å²) in [6.07, 6.45) is 0. The van der Waals surface area contributed by atoms with Crippen LogP contribution < -0.4 is 15.4 Å². The number of benzene rings is 1. The number of hydrogen-bond donors (Lipinski definition) is 3. The Morgan fingerprint density at radius 2 is 1.78 bits per heavy atom. The van der Waals surface area contributed by atoms with E-state index in [1.165, 1.54) is 18.3 Å². The third kappa shape index (κ3) is 7.08. The molecule has 0 aliphatic carbocycles. The molecule has 0 aliphatic rings. The maximum absolute atomic E-state index is 12.1. The smallest absolute Gasteiger partial charge is 0.271 e. The number of rotatable bonds is 8. The summed E-state index contributed by atoms with van der Waals surface area (Å²) in [6.45, 7) is 5.19. The molecule has 1 aromatic heterocycles. The molecule has 27 heavy (non-hydrogen) atoms. The van der Waals surface area contributed by atoms with Crippen molar-refractivity contribution in [1.29, 1.82) is 0 Å². The Balaban J connectivity index is 1.90. The molecular weight excluding hydrogens is 388 g/mol. The van der Waals surface area contributed by atoms with Crippen molar-refractivity contribution in [2.75, 3.05) is 5.32 Å². The zero-order chi connectivity index (χ0) is 20.0. The lowest BCUT2D eigenvalue weighted by Crippen LogP contribution is -2.31. The number of aromatic nitrogens is 1. The highest BCUT2D eigenvalue weighted by Gasteiger charge is 2.13. The molecule has 0 fully saturated rings. The number of carbonyl (C=O) groups excluding carboxylic acids is 2. The predicted molar refractivity (Wildman–Crippen MR) is 105 cm³/mol. The lowest BCUT2D eigenvalue weighted by atomic mass is 10.1. The van der Waals surface area contributed by atoms with E-state index in [-0.39, 0.29) is 35.8 Å². The fourth-order valence-corrected chi connectivity index (χ4v) is 4.40. The van der Waals surface area contributed by atoms with Crippen molar-refractivity contribution in [1.82, 2.24) is 15.0 Å². The highest BCUT2D eigenvalue weighted by Crippen LogP contribution is 2.15. The quantitative estimate of drug-likeness (QED) is 0.614. The van der Waals surface area contributed by atoms with E-state index < -0.39 is 10.0 Å². The maximum atomic E-state index is 12.1. The van der Waals surface area contributed by atoms with Crippen LogP contribution in [-0.2, 0) is 27.1 Å². The fourth-order valence-electron chi connectivity index (χ4n) is 2.23. The Kier molecular flexibility index (Phi) is 7.05. The van der Waals surface area contributed by atoms with Crippen molar-refractivity contribution >= 4 is 38.3 Å². The van der Waals surface area contributed by atoms with Crippen LogP contribution in [0.25, 0.3) is 0 Å². The molecule has 146 valence electrons. The van der Waals surface area contributed by atoms with Gasteiger partial charge in [0.25, 0.3) is 5.91 Å². The summed E-state index contributed by atoms with van der Waals surface area (Å²) in [5.74, 6) is -0.694. The number of anilines is 1. The first-order chi connectivity index (χ1) is 12.6. The average Bonchev–Trinajstić information content (AvgIpc) is 3.00. The minimum Gasteiger partial charge on any atom is -0.347 e. The molecule has 10 heteroatoms. The number of thiazole rings is 1. The molecule has 0 bridgehead atoms. The molecule has 0 saturated carbocycles. The second kappa shape index (κ2) is 9.07. The third-order valence-corrected chi connectivity index (χ3v) is 5.57. The van der Waals surface area contributed by atoms with E-state index >= 15 is 0 Å². The van der Waals surface area contributed by atoms with Crippen molar-refractivity contribution in [3.05, 3.63) is 46.5 Å². The van der Waals surface area contributed by atoms with E-state index in [1.54, 1.807) is 43.5 Å². The summed E-state index contributed by atoms with van der Waals surface area (Å²) in [5.41, 5.74) is 1.72. The third-order valence-electron chi connectivity index (χ3n) is 3.27. The van der Waals surface area contributed by atoms with Crippen molar-refractivity contribution in [3.63, 3.8) is 0 Å². The highest BCUT2D eigenvalue weighted by atomic mass is 32.2. The van der Waals surface area contributed by atoms with Gasteiger partial charge in [0.1, 0.15) is 5.69 Å². The molecule has 0 atom stereocenters. The van der Waals surface area contributed by atoms with E-state index in [2.05, 4.69) is 20.3 Å². The molecule has 0 spiro atoms. The summed E-state index contributed by atoms with van der Waals surface area (Å²) < 4.78 is 26.4. The largest absolute Gasteiger partial charge is 0.347 e. The first-order valence-electron chi connectivity index (χ1n) is 8.24. The van der Waals surface area contributed by atoms with Crippen LogP contribution in [0.2, 0.25) is 0 Å². The van der Waals surface area contributed by atoms with Gasteiger partial charge < -0.3 is 10.6 Å². The number of nitrogens with zero attached hydrogens (tertiary/aromatic N) is 1. The van der Waals surface area contributed by atoms with Gasteiger partial charge in [-0.15, -0.1) is 11.3 Å². The van der Waals surface area contributed by atoms with Crippen LogP contribution in [-0.4, -0.2) is 31.3 Å². The van der Waals surface area contributed by atoms with Gasteiger partial charge in [-0.1, -0.05) is 24.3 Å². The Labute approximate surface area is 162 Å². The molecule has 1 aromatic carbocycles. The molecule has 0 aliphatic heterocycles. The zero-order valence-corrected chi connectivity index (χ0v) is 16.9. The Morgan fingerprint density at radius 3 is 2.37 bits per heavy atom. The fraction of sp³-hybridized carbons (Fsp3) is 0.353.